The molecule has 3 N–H and O–H groups in total. The third kappa shape index (κ3) is 6.92. The van der Waals surface area contributed by atoms with Gasteiger partial charge in [0.2, 0.25) is 23.6 Å². The van der Waals surface area contributed by atoms with Crippen LogP contribution in [0.25, 0.3) is 11.1 Å². The Hall–Kier alpha value is -4.15. The van der Waals surface area contributed by atoms with Gasteiger partial charge in [-0.25, -0.2) is 4.79 Å². The minimum absolute atomic E-state index is 0.0696. The highest BCUT2D eigenvalue weighted by Crippen LogP contribution is 2.31. The molecule has 0 bridgehead atoms. The maximum Gasteiger partial charge on any atom is 0.337 e. The lowest BCUT2D eigenvalue weighted by atomic mass is 10.1. The van der Waals surface area contributed by atoms with E-state index in [1.807, 2.05) is 6.07 Å². The van der Waals surface area contributed by atoms with Gasteiger partial charge in [0, 0.05) is 22.3 Å². The molecule has 11 heteroatoms. The summed E-state index contributed by atoms with van der Waals surface area (Å²) in [7, 11) is 3.01. The molecule has 0 unspecified atom stereocenters. The Balaban J connectivity index is 1.56. The summed E-state index contributed by atoms with van der Waals surface area (Å²) in [5.41, 5.74) is 1.88. The SMILES string of the molecule is COc1ccc(-c2cccc(NC(=O)COCC(=O)Nc3ccc(Cl)cc3C(=O)O)c2)c(OC)n1. The van der Waals surface area contributed by atoms with E-state index >= 15 is 0 Å². The molecular formula is C24H22ClN3O7. The fourth-order valence-corrected chi connectivity index (χ4v) is 3.27. The summed E-state index contributed by atoms with van der Waals surface area (Å²) in [6, 6.07) is 14.6. The van der Waals surface area contributed by atoms with E-state index in [2.05, 4.69) is 15.6 Å². The molecule has 0 fully saturated rings. The van der Waals surface area contributed by atoms with Gasteiger partial charge in [0.1, 0.15) is 13.2 Å². The quantitative estimate of drug-likeness (QED) is 0.384. The first-order valence-corrected chi connectivity index (χ1v) is 10.6. The number of nitrogens with zero attached hydrogens (tertiary/aromatic N) is 1. The summed E-state index contributed by atoms with van der Waals surface area (Å²) in [6.07, 6.45) is 0. The number of ether oxygens (including phenoxy) is 3. The van der Waals surface area contributed by atoms with Gasteiger partial charge in [-0.3, -0.25) is 9.59 Å². The van der Waals surface area contributed by atoms with E-state index in [9.17, 15) is 19.5 Å². The van der Waals surface area contributed by atoms with Gasteiger partial charge in [-0.2, -0.15) is 4.98 Å². The highest BCUT2D eigenvalue weighted by Gasteiger charge is 2.14. The van der Waals surface area contributed by atoms with Crippen LogP contribution in [-0.4, -0.2) is 55.3 Å². The molecule has 3 aromatic rings. The van der Waals surface area contributed by atoms with Crippen molar-refractivity contribution >= 4 is 40.8 Å². The Kier molecular flexibility index (Phi) is 8.60. The van der Waals surface area contributed by atoms with Gasteiger partial charge in [-0.15, -0.1) is 0 Å². The molecule has 0 spiro atoms. The summed E-state index contributed by atoms with van der Waals surface area (Å²) in [4.78, 5) is 39.9. The van der Waals surface area contributed by atoms with Crippen molar-refractivity contribution in [3.63, 3.8) is 0 Å². The van der Waals surface area contributed by atoms with Crippen LogP contribution in [0.3, 0.4) is 0 Å². The molecule has 2 amide bonds. The largest absolute Gasteiger partial charge is 0.481 e. The smallest absolute Gasteiger partial charge is 0.337 e. The number of methoxy groups -OCH3 is 2. The Morgan fingerprint density at radius 3 is 2.37 bits per heavy atom. The van der Waals surface area contributed by atoms with Crippen LogP contribution in [0.2, 0.25) is 5.02 Å². The summed E-state index contributed by atoms with van der Waals surface area (Å²) < 4.78 is 15.6. The van der Waals surface area contributed by atoms with E-state index < -0.39 is 31.0 Å². The van der Waals surface area contributed by atoms with Crippen LogP contribution >= 0.6 is 11.6 Å². The van der Waals surface area contributed by atoms with Gasteiger partial charge < -0.3 is 30.0 Å². The molecule has 1 heterocycles. The number of halogens is 1. The van der Waals surface area contributed by atoms with E-state index in [0.29, 0.717) is 23.0 Å². The number of aromatic carboxylic acids is 1. The number of amides is 2. The van der Waals surface area contributed by atoms with Crippen LogP contribution in [0.4, 0.5) is 11.4 Å². The standard InChI is InChI=1S/C24H22ClN3O7/c1-33-22-9-7-17(23(28-22)34-2)14-4-3-5-16(10-14)26-20(29)12-35-13-21(30)27-19-8-6-15(25)11-18(19)24(31)32/h3-11H,12-13H2,1-2H3,(H,26,29)(H,27,30)(H,31,32). The van der Waals surface area contributed by atoms with E-state index in [1.165, 1.54) is 32.4 Å². The lowest BCUT2D eigenvalue weighted by molar-refractivity contribution is -0.125. The third-order valence-corrected chi connectivity index (χ3v) is 4.88. The second-order valence-corrected chi connectivity index (χ2v) is 7.51. The molecule has 0 saturated carbocycles. The molecule has 0 saturated heterocycles. The summed E-state index contributed by atoms with van der Waals surface area (Å²) in [5.74, 6) is -1.56. The predicted molar refractivity (Wildman–Crippen MR) is 129 cm³/mol. The van der Waals surface area contributed by atoms with Gasteiger partial charge in [-0.05, 0) is 42.0 Å². The Morgan fingerprint density at radius 2 is 1.69 bits per heavy atom. The Bertz CT molecular complexity index is 1250. The number of pyridine rings is 1. The molecule has 0 radical (unpaired) electrons. The number of aromatic nitrogens is 1. The van der Waals surface area contributed by atoms with Crippen LogP contribution < -0.4 is 20.1 Å². The first kappa shape index (κ1) is 25.5. The van der Waals surface area contributed by atoms with Crippen LogP contribution in [-0.2, 0) is 14.3 Å². The van der Waals surface area contributed by atoms with Crippen LogP contribution in [0, 0.1) is 0 Å². The second-order valence-electron chi connectivity index (χ2n) is 7.08. The zero-order valence-corrected chi connectivity index (χ0v) is 19.6. The highest BCUT2D eigenvalue weighted by molar-refractivity contribution is 6.31. The van der Waals surface area contributed by atoms with E-state index in [-0.39, 0.29) is 16.3 Å². The Labute approximate surface area is 205 Å². The number of carbonyl (C=O) groups is 3. The van der Waals surface area contributed by atoms with E-state index in [0.717, 1.165) is 5.56 Å². The van der Waals surface area contributed by atoms with Crippen molar-refractivity contribution < 1.29 is 33.7 Å². The molecule has 35 heavy (non-hydrogen) atoms. The topological polar surface area (TPSA) is 136 Å². The molecular weight excluding hydrogens is 478 g/mol. The number of rotatable bonds is 10. The summed E-state index contributed by atoms with van der Waals surface area (Å²) in [5, 5.41) is 14.6. The minimum atomic E-state index is -1.24. The zero-order valence-electron chi connectivity index (χ0n) is 18.8. The molecule has 1 aromatic heterocycles. The lowest BCUT2D eigenvalue weighted by Gasteiger charge is -2.11. The summed E-state index contributed by atoms with van der Waals surface area (Å²) in [6.45, 7) is -0.846. The van der Waals surface area contributed by atoms with Crippen molar-refractivity contribution in [1.29, 1.82) is 0 Å². The number of hydrogen-bond acceptors (Lipinski definition) is 7. The van der Waals surface area contributed by atoms with Gasteiger partial charge in [0.25, 0.3) is 0 Å². The predicted octanol–water partition coefficient (Wildman–Crippen LogP) is 3.71. The minimum Gasteiger partial charge on any atom is -0.481 e. The van der Waals surface area contributed by atoms with Gasteiger partial charge in [0.05, 0.1) is 25.5 Å². The van der Waals surface area contributed by atoms with Crippen molar-refractivity contribution in [3.05, 3.63) is 65.2 Å². The van der Waals surface area contributed by atoms with Crippen molar-refractivity contribution in [2.75, 3.05) is 38.1 Å². The first-order valence-electron chi connectivity index (χ1n) is 10.2. The second kappa shape index (κ2) is 11.8. The Morgan fingerprint density at radius 1 is 0.943 bits per heavy atom. The normalized spacial score (nSPS) is 10.4. The number of carbonyl (C=O) groups excluding carboxylic acids is 2. The summed E-state index contributed by atoms with van der Waals surface area (Å²) >= 11 is 5.79. The molecule has 3 rings (SSSR count). The van der Waals surface area contributed by atoms with Gasteiger partial charge >= 0.3 is 5.97 Å². The number of carboxylic acid groups (broad SMARTS) is 1. The molecule has 0 aliphatic rings. The molecule has 2 aromatic carbocycles. The van der Waals surface area contributed by atoms with Crippen molar-refractivity contribution in [1.82, 2.24) is 4.98 Å². The maximum atomic E-state index is 12.3. The average Bonchev–Trinajstić information content (AvgIpc) is 2.84. The zero-order chi connectivity index (χ0) is 25.4. The number of hydrogen-bond donors (Lipinski definition) is 3. The van der Waals surface area contributed by atoms with Gasteiger partial charge in [-0.1, -0.05) is 23.7 Å². The fourth-order valence-electron chi connectivity index (χ4n) is 3.10. The van der Waals surface area contributed by atoms with E-state index in [4.69, 9.17) is 25.8 Å². The monoisotopic (exact) mass is 499 g/mol. The van der Waals surface area contributed by atoms with Gasteiger partial charge in [0.15, 0.2) is 0 Å². The number of benzene rings is 2. The number of anilines is 2. The van der Waals surface area contributed by atoms with Crippen molar-refractivity contribution in [2.24, 2.45) is 0 Å². The van der Waals surface area contributed by atoms with Crippen LogP contribution in [0.15, 0.2) is 54.6 Å². The van der Waals surface area contributed by atoms with Crippen LogP contribution in [0.5, 0.6) is 11.8 Å². The fraction of sp³-hybridized carbons (Fsp3) is 0.167. The molecule has 10 nitrogen and oxygen atoms in total. The molecule has 182 valence electrons. The van der Waals surface area contributed by atoms with Crippen molar-refractivity contribution in [3.8, 4) is 22.9 Å². The molecule has 0 aliphatic heterocycles. The van der Waals surface area contributed by atoms with Crippen molar-refractivity contribution in [2.45, 2.75) is 0 Å². The average molecular weight is 500 g/mol. The number of nitrogens with one attached hydrogen (secondary N) is 2. The number of carboxylic acids is 1. The highest BCUT2D eigenvalue weighted by atomic mass is 35.5. The van der Waals surface area contributed by atoms with Crippen LogP contribution in [0.1, 0.15) is 10.4 Å². The maximum absolute atomic E-state index is 12.3. The third-order valence-electron chi connectivity index (χ3n) is 4.65. The molecule has 0 atom stereocenters. The van der Waals surface area contributed by atoms with E-state index in [1.54, 1.807) is 30.3 Å². The lowest BCUT2D eigenvalue weighted by Crippen LogP contribution is -2.24. The first-order chi connectivity index (χ1) is 16.8. The molecule has 0 aliphatic carbocycles.